The molecule has 0 radical (unpaired) electrons. The maximum atomic E-state index is 13.4. The van der Waals surface area contributed by atoms with Gasteiger partial charge in [-0.25, -0.2) is 4.90 Å². The number of thiophene rings is 1. The molecule has 3 aromatic rings. The summed E-state index contributed by atoms with van der Waals surface area (Å²) in [5, 5.41) is 5.39. The van der Waals surface area contributed by atoms with E-state index in [2.05, 4.69) is 5.32 Å². The highest BCUT2D eigenvalue weighted by Gasteiger charge is 2.41. The van der Waals surface area contributed by atoms with Crippen LogP contribution in [0, 0.1) is 0 Å². The zero-order chi connectivity index (χ0) is 21.3. The molecule has 30 heavy (non-hydrogen) atoms. The van der Waals surface area contributed by atoms with Crippen LogP contribution in [-0.4, -0.2) is 26.0 Å². The topological polar surface area (TPSA) is 67.9 Å². The molecule has 0 saturated carbocycles. The van der Waals surface area contributed by atoms with Gasteiger partial charge in [0, 0.05) is 16.0 Å². The molecule has 0 bridgehead atoms. The maximum absolute atomic E-state index is 13.4. The van der Waals surface area contributed by atoms with Gasteiger partial charge in [-0.15, -0.1) is 11.3 Å². The van der Waals surface area contributed by atoms with Crippen LogP contribution in [0.25, 0.3) is 5.57 Å². The minimum absolute atomic E-state index is 0.161. The van der Waals surface area contributed by atoms with E-state index < -0.39 is 11.8 Å². The molecule has 2 aromatic carbocycles. The van der Waals surface area contributed by atoms with Crippen molar-refractivity contribution in [3.8, 4) is 11.5 Å². The van der Waals surface area contributed by atoms with Crippen LogP contribution in [0.4, 0.5) is 11.4 Å². The Morgan fingerprint density at radius 3 is 2.47 bits per heavy atom. The summed E-state index contributed by atoms with van der Waals surface area (Å²) in [5.74, 6) is 0.194. The number of hydrogen-bond acceptors (Lipinski definition) is 6. The van der Waals surface area contributed by atoms with Gasteiger partial charge in [-0.05, 0) is 41.8 Å². The van der Waals surface area contributed by atoms with Crippen LogP contribution < -0.4 is 19.7 Å². The predicted molar refractivity (Wildman–Crippen MR) is 118 cm³/mol. The molecule has 0 aliphatic carbocycles. The van der Waals surface area contributed by atoms with E-state index in [4.69, 9.17) is 21.1 Å². The molecular weight excluding hydrogens is 424 g/mol. The highest BCUT2D eigenvalue weighted by molar-refractivity contribution is 7.11. The van der Waals surface area contributed by atoms with Crippen LogP contribution in [0.2, 0.25) is 5.02 Å². The first kappa shape index (κ1) is 20.0. The second-order valence-electron chi connectivity index (χ2n) is 6.34. The minimum atomic E-state index is -0.476. The standard InChI is InChI=1S/C22H17ClN2O4S/c1-28-15-8-9-17(29-2)16(12-15)24-20-19(18-7-4-10-30-18)21(26)25(22(20)27)14-6-3-5-13(23)11-14/h3-12,24H,1-2H3. The molecule has 0 spiro atoms. The smallest absolute Gasteiger partial charge is 0.282 e. The lowest BCUT2D eigenvalue weighted by Crippen LogP contribution is -2.32. The van der Waals surface area contributed by atoms with Crippen molar-refractivity contribution in [1.29, 1.82) is 0 Å². The van der Waals surface area contributed by atoms with Crippen LogP contribution >= 0.6 is 22.9 Å². The average Bonchev–Trinajstić information content (AvgIpc) is 3.34. The van der Waals surface area contributed by atoms with Gasteiger partial charge >= 0.3 is 0 Å². The molecule has 2 amide bonds. The van der Waals surface area contributed by atoms with E-state index in [1.807, 2.05) is 11.4 Å². The lowest BCUT2D eigenvalue weighted by molar-refractivity contribution is -0.120. The van der Waals surface area contributed by atoms with E-state index >= 15 is 0 Å². The SMILES string of the molecule is COc1ccc(OC)c(NC2=C(c3cccs3)C(=O)N(c3cccc(Cl)c3)C2=O)c1. The molecule has 1 aliphatic rings. The fraction of sp³-hybridized carbons (Fsp3) is 0.0909. The molecule has 2 heterocycles. The largest absolute Gasteiger partial charge is 0.497 e. The van der Waals surface area contributed by atoms with Crippen LogP contribution in [0.15, 0.2) is 65.7 Å². The zero-order valence-corrected chi connectivity index (χ0v) is 17.7. The van der Waals surface area contributed by atoms with Crippen molar-refractivity contribution in [1.82, 2.24) is 0 Å². The summed E-state index contributed by atoms with van der Waals surface area (Å²) in [6.07, 6.45) is 0. The summed E-state index contributed by atoms with van der Waals surface area (Å²) in [6.45, 7) is 0. The minimum Gasteiger partial charge on any atom is -0.497 e. The number of benzene rings is 2. The van der Waals surface area contributed by atoms with Crippen molar-refractivity contribution in [3.05, 3.63) is 75.6 Å². The second kappa shape index (κ2) is 8.22. The molecule has 0 fully saturated rings. The summed E-state index contributed by atoms with van der Waals surface area (Å²) >= 11 is 7.47. The molecule has 1 aromatic heterocycles. The number of halogens is 1. The fourth-order valence-corrected chi connectivity index (χ4v) is 4.14. The van der Waals surface area contributed by atoms with Crippen molar-refractivity contribution in [3.63, 3.8) is 0 Å². The number of ether oxygens (including phenoxy) is 2. The van der Waals surface area contributed by atoms with Crippen LogP contribution in [0.5, 0.6) is 11.5 Å². The van der Waals surface area contributed by atoms with Crippen LogP contribution in [0.1, 0.15) is 4.88 Å². The van der Waals surface area contributed by atoms with Gasteiger partial charge in [0.15, 0.2) is 0 Å². The highest BCUT2D eigenvalue weighted by Crippen LogP contribution is 2.38. The summed E-state index contributed by atoms with van der Waals surface area (Å²) in [4.78, 5) is 28.5. The van der Waals surface area contributed by atoms with E-state index in [-0.39, 0.29) is 5.70 Å². The summed E-state index contributed by atoms with van der Waals surface area (Å²) in [7, 11) is 3.08. The van der Waals surface area contributed by atoms with E-state index in [9.17, 15) is 9.59 Å². The first-order valence-electron chi connectivity index (χ1n) is 8.95. The third kappa shape index (κ3) is 3.53. The lowest BCUT2D eigenvalue weighted by atomic mass is 10.1. The normalized spacial score (nSPS) is 13.8. The molecule has 0 atom stereocenters. The summed E-state index contributed by atoms with van der Waals surface area (Å²) < 4.78 is 10.7. The van der Waals surface area contributed by atoms with E-state index in [1.54, 1.807) is 55.6 Å². The number of imide groups is 1. The number of rotatable bonds is 6. The molecule has 152 valence electrons. The van der Waals surface area contributed by atoms with Gasteiger partial charge in [0.05, 0.1) is 31.2 Å². The van der Waals surface area contributed by atoms with Gasteiger partial charge in [-0.2, -0.15) is 0 Å². The third-order valence-electron chi connectivity index (χ3n) is 4.58. The number of nitrogens with one attached hydrogen (secondary N) is 1. The number of anilines is 2. The number of carbonyl (C=O) groups is 2. The van der Waals surface area contributed by atoms with Crippen molar-refractivity contribution in [2.75, 3.05) is 24.4 Å². The highest BCUT2D eigenvalue weighted by atomic mass is 35.5. The number of methoxy groups -OCH3 is 2. The van der Waals surface area contributed by atoms with Crippen LogP contribution in [-0.2, 0) is 9.59 Å². The van der Waals surface area contributed by atoms with Crippen molar-refractivity contribution in [2.45, 2.75) is 0 Å². The zero-order valence-electron chi connectivity index (χ0n) is 16.1. The monoisotopic (exact) mass is 440 g/mol. The van der Waals surface area contributed by atoms with Crippen molar-refractivity contribution < 1.29 is 19.1 Å². The third-order valence-corrected chi connectivity index (χ3v) is 5.71. The summed E-state index contributed by atoms with van der Waals surface area (Å²) in [6, 6.07) is 15.4. The Morgan fingerprint density at radius 1 is 0.967 bits per heavy atom. The summed E-state index contributed by atoms with van der Waals surface area (Å²) in [5.41, 5.74) is 1.37. The second-order valence-corrected chi connectivity index (χ2v) is 7.73. The van der Waals surface area contributed by atoms with E-state index in [1.165, 1.54) is 18.4 Å². The molecule has 1 aliphatic heterocycles. The number of hydrogen-bond donors (Lipinski definition) is 1. The number of amides is 2. The molecular formula is C22H17ClN2O4S. The Bertz CT molecular complexity index is 1160. The van der Waals surface area contributed by atoms with Crippen molar-refractivity contribution in [2.24, 2.45) is 0 Å². The van der Waals surface area contributed by atoms with E-state index in [0.717, 1.165) is 4.90 Å². The van der Waals surface area contributed by atoms with Gasteiger partial charge in [0.1, 0.15) is 17.2 Å². The van der Waals surface area contributed by atoms with Gasteiger partial charge < -0.3 is 14.8 Å². The first-order valence-corrected chi connectivity index (χ1v) is 10.2. The maximum Gasteiger partial charge on any atom is 0.282 e. The number of carbonyl (C=O) groups excluding carboxylic acids is 2. The Morgan fingerprint density at radius 2 is 1.80 bits per heavy atom. The van der Waals surface area contributed by atoms with Crippen LogP contribution in [0.3, 0.4) is 0 Å². The lowest BCUT2D eigenvalue weighted by Gasteiger charge is -2.16. The molecule has 4 rings (SSSR count). The van der Waals surface area contributed by atoms with Gasteiger partial charge in [0.25, 0.3) is 11.8 Å². The molecule has 0 saturated heterocycles. The fourth-order valence-electron chi connectivity index (χ4n) is 3.19. The number of nitrogens with zero attached hydrogens (tertiary/aromatic N) is 1. The van der Waals surface area contributed by atoms with Gasteiger partial charge in [-0.1, -0.05) is 23.7 Å². The Hall–Kier alpha value is -3.29. The molecule has 6 nitrogen and oxygen atoms in total. The Kier molecular flexibility index (Phi) is 5.48. The van der Waals surface area contributed by atoms with Gasteiger partial charge in [0.2, 0.25) is 0 Å². The van der Waals surface area contributed by atoms with E-state index in [0.29, 0.717) is 38.3 Å². The molecule has 8 heteroatoms. The molecule has 1 N–H and O–H groups in total. The quantitative estimate of drug-likeness (QED) is 0.557. The predicted octanol–water partition coefficient (Wildman–Crippen LogP) is 4.82. The molecule has 0 unspecified atom stereocenters. The van der Waals surface area contributed by atoms with Gasteiger partial charge in [-0.3, -0.25) is 9.59 Å². The average molecular weight is 441 g/mol. The Balaban J connectivity index is 1.83. The Labute approximate surface area is 182 Å². The van der Waals surface area contributed by atoms with Crippen molar-refractivity contribution >= 4 is 51.7 Å². The first-order chi connectivity index (χ1) is 14.5.